The summed E-state index contributed by atoms with van der Waals surface area (Å²) in [4.78, 5) is 6.12. The summed E-state index contributed by atoms with van der Waals surface area (Å²) in [5, 5.41) is 2.82. The first-order chi connectivity index (χ1) is 9.34. The summed E-state index contributed by atoms with van der Waals surface area (Å²) in [6.45, 7) is 2.62. The van der Waals surface area contributed by atoms with Crippen LogP contribution < -0.4 is 5.32 Å². The molecule has 20 heavy (non-hydrogen) atoms. The molecule has 3 nitrogen and oxygen atoms in total. The van der Waals surface area contributed by atoms with Crippen molar-refractivity contribution >= 4 is 17.4 Å². The second-order valence-electron chi connectivity index (χ2n) is 5.21. The Morgan fingerprint density at radius 3 is 2.85 bits per heavy atom. The van der Waals surface area contributed by atoms with Crippen molar-refractivity contribution in [2.24, 2.45) is 5.92 Å². The van der Waals surface area contributed by atoms with Crippen LogP contribution in [0.3, 0.4) is 0 Å². The molecule has 1 aliphatic rings. The highest BCUT2D eigenvalue weighted by atomic mass is 35.5. The minimum absolute atomic E-state index is 0.150. The van der Waals surface area contributed by atoms with E-state index in [0.717, 1.165) is 38.1 Å². The van der Waals surface area contributed by atoms with E-state index < -0.39 is 11.7 Å². The van der Waals surface area contributed by atoms with Crippen molar-refractivity contribution < 1.29 is 13.2 Å². The molecular weight excluding hydrogens is 291 g/mol. The normalized spacial score (nSPS) is 20.9. The largest absolute Gasteiger partial charge is 0.416 e. The number of nitrogens with one attached hydrogen (secondary N) is 1. The van der Waals surface area contributed by atoms with Crippen LogP contribution in [0.1, 0.15) is 18.4 Å². The summed E-state index contributed by atoms with van der Waals surface area (Å²) in [5.41, 5.74) is -0.777. The van der Waals surface area contributed by atoms with Gasteiger partial charge in [-0.1, -0.05) is 11.6 Å². The van der Waals surface area contributed by atoms with Crippen LogP contribution in [0.2, 0.25) is 5.15 Å². The highest BCUT2D eigenvalue weighted by molar-refractivity contribution is 6.29. The Balaban J connectivity index is 2.00. The smallest absolute Gasteiger partial charge is 0.370 e. The molecule has 2 heterocycles. The fourth-order valence-electron chi connectivity index (χ4n) is 2.44. The number of likely N-dealkylation sites (tertiary alicyclic amines) is 1. The lowest BCUT2D eigenvalue weighted by molar-refractivity contribution is -0.137. The topological polar surface area (TPSA) is 28.2 Å². The van der Waals surface area contributed by atoms with Gasteiger partial charge in [0.15, 0.2) is 0 Å². The molecule has 1 unspecified atom stereocenters. The zero-order chi connectivity index (χ0) is 14.8. The first-order valence-corrected chi connectivity index (χ1v) is 6.89. The van der Waals surface area contributed by atoms with Gasteiger partial charge < -0.3 is 10.2 Å². The van der Waals surface area contributed by atoms with Crippen LogP contribution >= 0.6 is 11.6 Å². The monoisotopic (exact) mass is 307 g/mol. The average molecular weight is 308 g/mol. The van der Waals surface area contributed by atoms with Gasteiger partial charge >= 0.3 is 6.18 Å². The number of halogens is 4. The lowest BCUT2D eigenvalue weighted by Gasteiger charge is -2.29. The van der Waals surface area contributed by atoms with Crippen LogP contribution in [0.4, 0.5) is 19.0 Å². The number of pyridine rings is 1. The van der Waals surface area contributed by atoms with E-state index in [0.29, 0.717) is 12.5 Å². The highest BCUT2D eigenvalue weighted by Crippen LogP contribution is 2.32. The molecule has 1 atom stereocenters. The van der Waals surface area contributed by atoms with Gasteiger partial charge in [0.25, 0.3) is 0 Å². The summed E-state index contributed by atoms with van der Waals surface area (Å²) in [7, 11) is 2.05. The van der Waals surface area contributed by atoms with E-state index in [-0.39, 0.29) is 11.0 Å². The molecule has 1 saturated heterocycles. The van der Waals surface area contributed by atoms with Gasteiger partial charge in [0.1, 0.15) is 11.0 Å². The Labute approximate surface area is 121 Å². The summed E-state index contributed by atoms with van der Waals surface area (Å²) >= 11 is 5.64. The minimum Gasteiger partial charge on any atom is -0.370 e. The molecule has 0 amide bonds. The number of piperidine rings is 1. The maximum absolute atomic E-state index is 12.7. The highest BCUT2D eigenvalue weighted by Gasteiger charge is 2.31. The zero-order valence-electron chi connectivity index (χ0n) is 11.2. The maximum Gasteiger partial charge on any atom is 0.416 e. The number of rotatable bonds is 3. The molecule has 1 aromatic rings. The fourth-order valence-corrected chi connectivity index (χ4v) is 2.65. The molecule has 0 aliphatic carbocycles. The maximum atomic E-state index is 12.7. The molecule has 7 heteroatoms. The molecule has 1 aliphatic heterocycles. The van der Waals surface area contributed by atoms with E-state index in [2.05, 4.69) is 15.2 Å². The summed E-state index contributed by atoms with van der Waals surface area (Å²) < 4.78 is 38.0. The van der Waals surface area contributed by atoms with Crippen molar-refractivity contribution in [1.82, 2.24) is 9.88 Å². The molecule has 0 spiro atoms. The zero-order valence-corrected chi connectivity index (χ0v) is 11.9. The Morgan fingerprint density at radius 1 is 1.45 bits per heavy atom. The van der Waals surface area contributed by atoms with Gasteiger partial charge in [-0.05, 0) is 44.5 Å². The number of hydrogen-bond acceptors (Lipinski definition) is 3. The molecule has 112 valence electrons. The van der Waals surface area contributed by atoms with Gasteiger partial charge in [-0.15, -0.1) is 0 Å². The van der Waals surface area contributed by atoms with Crippen molar-refractivity contribution in [3.63, 3.8) is 0 Å². The first kappa shape index (κ1) is 15.4. The van der Waals surface area contributed by atoms with Crippen LogP contribution in [-0.2, 0) is 6.18 Å². The number of alkyl halides is 3. The van der Waals surface area contributed by atoms with E-state index in [1.165, 1.54) is 0 Å². The van der Waals surface area contributed by atoms with E-state index in [9.17, 15) is 13.2 Å². The predicted octanol–water partition coefficient (Wildman–Crippen LogP) is 3.51. The van der Waals surface area contributed by atoms with Crippen LogP contribution in [0, 0.1) is 5.92 Å². The van der Waals surface area contributed by atoms with Crippen molar-refractivity contribution in [2.45, 2.75) is 19.0 Å². The van der Waals surface area contributed by atoms with Crippen LogP contribution in [-0.4, -0.2) is 36.6 Å². The van der Waals surface area contributed by atoms with E-state index in [4.69, 9.17) is 11.6 Å². The molecule has 1 aromatic heterocycles. The molecule has 1 N–H and O–H groups in total. The molecular formula is C13H17ClF3N3. The minimum atomic E-state index is -4.41. The Hall–Kier alpha value is -1.01. The molecule has 0 radical (unpaired) electrons. The van der Waals surface area contributed by atoms with Crippen molar-refractivity contribution in [1.29, 1.82) is 0 Å². The van der Waals surface area contributed by atoms with Gasteiger partial charge in [-0.2, -0.15) is 13.2 Å². The van der Waals surface area contributed by atoms with Crippen LogP contribution in [0.5, 0.6) is 0 Å². The lowest BCUT2D eigenvalue weighted by Crippen LogP contribution is -2.35. The standard InChI is InChI=1S/C13H17ClF3N3/c1-20-4-2-3-9(8-20)7-18-12-6-10(13(15,16)17)5-11(14)19-12/h5-6,9H,2-4,7-8H2,1H3,(H,18,19). The van der Waals surface area contributed by atoms with Gasteiger partial charge in [0, 0.05) is 13.1 Å². The molecule has 0 bridgehead atoms. The van der Waals surface area contributed by atoms with Gasteiger partial charge in [0.2, 0.25) is 0 Å². The van der Waals surface area contributed by atoms with Crippen LogP contribution in [0.15, 0.2) is 12.1 Å². The summed E-state index contributed by atoms with van der Waals surface area (Å²) in [6, 6.07) is 1.83. The Kier molecular flexibility index (Phi) is 4.75. The average Bonchev–Trinajstić information content (AvgIpc) is 2.35. The molecule has 0 saturated carbocycles. The van der Waals surface area contributed by atoms with E-state index in [1.54, 1.807) is 0 Å². The Morgan fingerprint density at radius 2 is 2.20 bits per heavy atom. The van der Waals surface area contributed by atoms with Crippen molar-refractivity contribution in [3.8, 4) is 0 Å². The molecule has 2 rings (SSSR count). The Bertz CT molecular complexity index is 465. The number of anilines is 1. The van der Waals surface area contributed by atoms with Gasteiger partial charge in [-0.25, -0.2) is 4.98 Å². The molecule has 1 fully saturated rings. The molecule has 0 aromatic carbocycles. The fraction of sp³-hybridized carbons (Fsp3) is 0.615. The first-order valence-electron chi connectivity index (χ1n) is 6.52. The second-order valence-corrected chi connectivity index (χ2v) is 5.60. The predicted molar refractivity (Wildman–Crippen MR) is 73.0 cm³/mol. The van der Waals surface area contributed by atoms with Crippen molar-refractivity contribution in [3.05, 3.63) is 22.8 Å². The number of aromatic nitrogens is 1. The third-order valence-electron chi connectivity index (χ3n) is 3.42. The van der Waals surface area contributed by atoms with Crippen molar-refractivity contribution in [2.75, 3.05) is 32.0 Å². The number of hydrogen-bond donors (Lipinski definition) is 1. The number of nitrogens with zero attached hydrogens (tertiary/aromatic N) is 2. The third kappa shape index (κ3) is 4.24. The lowest BCUT2D eigenvalue weighted by atomic mass is 9.98. The van der Waals surface area contributed by atoms with Gasteiger partial charge in [-0.3, -0.25) is 0 Å². The third-order valence-corrected chi connectivity index (χ3v) is 3.61. The van der Waals surface area contributed by atoms with Crippen LogP contribution in [0.25, 0.3) is 0 Å². The quantitative estimate of drug-likeness (QED) is 0.866. The van der Waals surface area contributed by atoms with E-state index in [1.807, 2.05) is 7.05 Å². The SMILES string of the molecule is CN1CCCC(CNc2cc(C(F)(F)F)cc(Cl)n2)C1. The summed E-state index contributed by atoms with van der Waals surface area (Å²) in [6.07, 6.45) is -2.22. The second kappa shape index (κ2) is 6.18. The van der Waals surface area contributed by atoms with Gasteiger partial charge in [0.05, 0.1) is 5.56 Å². The van der Waals surface area contributed by atoms with E-state index >= 15 is 0 Å². The summed E-state index contributed by atoms with van der Waals surface area (Å²) in [5.74, 6) is 0.599.